The fourth-order valence-electron chi connectivity index (χ4n) is 9.02. The molecule has 2 amide bonds. The zero-order valence-electron chi connectivity index (χ0n) is 29.1. The van der Waals surface area contributed by atoms with Gasteiger partial charge in [-0.3, -0.25) is 24.4 Å². The van der Waals surface area contributed by atoms with Gasteiger partial charge in [0, 0.05) is 79.4 Å². The monoisotopic (exact) mass is 739 g/mol. The van der Waals surface area contributed by atoms with Gasteiger partial charge in [-0.1, -0.05) is 59.6 Å². The van der Waals surface area contributed by atoms with Crippen LogP contribution >= 0.6 is 23.2 Å². The molecule has 1 aliphatic carbocycles. The summed E-state index contributed by atoms with van der Waals surface area (Å²) in [6.07, 6.45) is 6.58. The Morgan fingerprint density at radius 2 is 1.37 bits per heavy atom. The van der Waals surface area contributed by atoms with E-state index in [0.29, 0.717) is 52.4 Å². The Morgan fingerprint density at radius 3 is 1.96 bits per heavy atom. The highest BCUT2D eigenvalue weighted by Gasteiger charge is 2.51. The number of ether oxygens (including phenoxy) is 2. The number of pyridine rings is 1. The lowest BCUT2D eigenvalue weighted by atomic mass is 9.86. The Morgan fingerprint density at radius 1 is 0.788 bits per heavy atom. The first-order valence-electron chi connectivity index (χ1n) is 17.8. The first kappa shape index (κ1) is 33.5. The van der Waals surface area contributed by atoms with Gasteiger partial charge in [0.1, 0.15) is 5.69 Å². The van der Waals surface area contributed by atoms with Crippen molar-refractivity contribution >= 4 is 35.0 Å². The fourth-order valence-corrected chi connectivity index (χ4v) is 9.67. The number of aryl methyl sites for hydroxylation is 1. The molecule has 52 heavy (non-hydrogen) atoms. The molecule has 1 atom stereocenters. The minimum atomic E-state index is -0.106. The van der Waals surface area contributed by atoms with Gasteiger partial charge in [0.25, 0.3) is 0 Å². The molecule has 13 heteroatoms. The molecule has 4 aromatic rings. The molecule has 0 radical (unpaired) electrons. The molecule has 4 saturated heterocycles. The number of methoxy groups -OCH3 is 2. The van der Waals surface area contributed by atoms with Gasteiger partial charge in [-0.25, -0.2) is 9.97 Å². The SMILES string of the molecule is COc1nc(-c2cccc(-c3cccc(-c4cc5c(c(OC)n4)C(N4CC6(CCC(=O)N6)C4)CC5)c3Cl)c2Cl)cnc1CN1CC2(CCC(=O)N2)C1. The van der Waals surface area contributed by atoms with E-state index in [1.165, 1.54) is 5.56 Å². The summed E-state index contributed by atoms with van der Waals surface area (Å²) in [4.78, 5) is 42.9. The van der Waals surface area contributed by atoms with Crippen LogP contribution in [0.3, 0.4) is 0 Å². The molecule has 1 unspecified atom stereocenters. The van der Waals surface area contributed by atoms with Crippen LogP contribution in [0.15, 0.2) is 48.7 Å². The molecule has 2 aromatic carbocycles. The molecular formula is C39H39Cl2N7O4. The van der Waals surface area contributed by atoms with Gasteiger partial charge in [0.05, 0.1) is 52.9 Å². The summed E-state index contributed by atoms with van der Waals surface area (Å²) in [7, 11) is 3.26. The molecule has 9 rings (SSSR count). The topological polar surface area (TPSA) is 122 Å². The standard InChI is InChI=1S/C39H39Cl2N7O4/c1-51-36-29(17-47-18-38(19-47)13-11-31(49)45-38)42-16-28(44-36)26-8-4-6-24(35(26)41)23-5-3-7-25(34(23)40)27-15-22-9-10-30(33(22)37(43-27)52-2)48-20-39(21-48)14-12-32(50)46-39/h3-8,15-16,30H,9-14,17-21H2,1-2H3,(H,45,49)(H,46,50). The van der Waals surface area contributed by atoms with Gasteiger partial charge in [0.2, 0.25) is 23.6 Å². The number of carbonyl (C=O) groups excluding carboxylic acids is 2. The Balaban J connectivity index is 0.973. The summed E-state index contributed by atoms with van der Waals surface area (Å²) in [6, 6.07) is 14.0. The number of rotatable bonds is 8. The second-order valence-corrected chi connectivity index (χ2v) is 15.7. The minimum absolute atomic E-state index is 0.0792. The Bertz CT molecular complexity index is 2130. The smallest absolute Gasteiger partial charge is 0.237 e. The molecule has 4 fully saturated rings. The number of benzene rings is 2. The van der Waals surface area contributed by atoms with Crippen molar-refractivity contribution < 1.29 is 19.1 Å². The molecule has 6 heterocycles. The van der Waals surface area contributed by atoms with Crippen LogP contribution in [-0.2, 0) is 22.6 Å². The average Bonchev–Trinajstić information content (AvgIpc) is 3.84. The minimum Gasteiger partial charge on any atom is -0.481 e. The van der Waals surface area contributed by atoms with Crippen LogP contribution in [0.4, 0.5) is 0 Å². The number of likely N-dealkylation sites (tertiary alicyclic amines) is 2. The van der Waals surface area contributed by atoms with E-state index in [9.17, 15) is 9.59 Å². The lowest BCUT2D eigenvalue weighted by Gasteiger charge is -2.50. The Kier molecular flexibility index (Phi) is 8.18. The maximum absolute atomic E-state index is 11.9. The third kappa shape index (κ3) is 5.60. The summed E-state index contributed by atoms with van der Waals surface area (Å²) in [5.74, 6) is 1.33. The molecule has 11 nitrogen and oxygen atoms in total. The van der Waals surface area contributed by atoms with Crippen molar-refractivity contribution in [1.82, 2.24) is 35.4 Å². The van der Waals surface area contributed by atoms with Crippen molar-refractivity contribution in [2.45, 2.75) is 62.2 Å². The molecule has 268 valence electrons. The van der Waals surface area contributed by atoms with Crippen molar-refractivity contribution in [1.29, 1.82) is 0 Å². The summed E-state index contributed by atoms with van der Waals surface area (Å²) in [6.45, 7) is 3.85. The van der Waals surface area contributed by atoms with E-state index in [-0.39, 0.29) is 28.9 Å². The number of fused-ring (bicyclic) bond motifs is 1. The normalized spacial score (nSPS) is 21.5. The second-order valence-electron chi connectivity index (χ2n) is 14.9. The van der Waals surface area contributed by atoms with E-state index in [0.717, 1.165) is 85.5 Å². The van der Waals surface area contributed by atoms with Crippen LogP contribution in [0, 0.1) is 0 Å². The third-order valence-electron chi connectivity index (χ3n) is 11.5. The predicted molar refractivity (Wildman–Crippen MR) is 197 cm³/mol. The Hall–Kier alpha value is -4.29. The lowest BCUT2D eigenvalue weighted by Crippen LogP contribution is -2.67. The number of halogens is 2. The van der Waals surface area contributed by atoms with E-state index in [1.54, 1.807) is 20.4 Å². The van der Waals surface area contributed by atoms with E-state index >= 15 is 0 Å². The van der Waals surface area contributed by atoms with Gasteiger partial charge in [-0.15, -0.1) is 0 Å². The van der Waals surface area contributed by atoms with Gasteiger partial charge in [-0.2, -0.15) is 0 Å². The molecule has 0 saturated carbocycles. The predicted octanol–water partition coefficient (Wildman–Crippen LogP) is 5.61. The fraction of sp³-hybridized carbons (Fsp3) is 0.410. The molecule has 0 bridgehead atoms. The quantitative estimate of drug-likeness (QED) is 0.238. The molecule has 4 aliphatic heterocycles. The zero-order valence-corrected chi connectivity index (χ0v) is 30.6. The van der Waals surface area contributed by atoms with Gasteiger partial charge < -0.3 is 20.1 Å². The van der Waals surface area contributed by atoms with Crippen LogP contribution in [0.1, 0.15) is 55.0 Å². The number of nitrogens with one attached hydrogen (secondary N) is 2. The van der Waals surface area contributed by atoms with Crippen LogP contribution in [0.2, 0.25) is 10.0 Å². The maximum Gasteiger partial charge on any atom is 0.237 e. The van der Waals surface area contributed by atoms with Crippen molar-refractivity contribution in [3.63, 3.8) is 0 Å². The molecular weight excluding hydrogens is 701 g/mol. The van der Waals surface area contributed by atoms with Gasteiger partial charge in [-0.05, 0) is 37.3 Å². The number of hydrogen-bond donors (Lipinski definition) is 2. The number of amides is 2. The summed E-state index contributed by atoms with van der Waals surface area (Å²) < 4.78 is 11.6. The molecule has 2 aromatic heterocycles. The second kappa shape index (κ2) is 12.7. The largest absolute Gasteiger partial charge is 0.481 e. The third-order valence-corrected chi connectivity index (χ3v) is 12.3. The highest BCUT2D eigenvalue weighted by molar-refractivity contribution is 6.39. The maximum atomic E-state index is 11.9. The highest BCUT2D eigenvalue weighted by Crippen LogP contribution is 2.48. The highest BCUT2D eigenvalue weighted by atomic mass is 35.5. The summed E-state index contributed by atoms with van der Waals surface area (Å²) in [5, 5.41) is 7.36. The first-order chi connectivity index (χ1) is 25.2. The van der Waals surface area contributed by atoms with E-state index < -0.39 is 0 Å². The van der Waals surface area contributed by atoms with Crippen LogP contribution in [0.5, 0.6) is 11.8 Å². The van der Waals surface area contributed by atoms with E-state index in [4.69, 9.17) is 47.6 Å². The van der Waals surface area contributed by atoms with Crippen molar-refractivity contribution in [3.8, 4) is 45.4 Å². The molecule has 2 spiro atoms. The van der Waals surface area contributed by atoms with E-state index in [2.05, 4.69) is 26.5 Å². The van der Waals surface area contributed by atoms with Gasteiger partial charge in [0.15, 0.2) is 0 Å². The van der Waals surface area contributed by atoms with Crippen LogP contribution in [0.25, 0.3) is 33.6 Å². The number of carbonyl (C=O) groups is 2. The van der Waals surface area contributed by atoms with Crippen molar-refractivity contribution in [2.75, 3.05) is 40.4 Å². The first-order valence-corrected chi connectivity index (χ1v) is 18.6. The average molecular weight is 741 g/mol. The number of aromatic nitrogens is 3. The Labute approximate surface area is 312 Å². The number of hydrogen-bond acceptors (Lipinski definition) is 9. The zero-order chi connectivity index (χ0) is 35.8. The van der Waals surface area contributed by atoms with E-state index in [1.807, 2.05) is 36.4 Å². The lowest BCUT2D eigenvalue weighted by molar-refractivity contribution is -0.121. The van der Waals surface area contributed by atoms with Crippen molar-refractivity contribution in [3.05, 3.63) is 75.5 Å². The summed E-state index contributed by atoms with van der Waals surface area (Å²) in [5.41, 5.74) is 7.25. The van der Waals surface area contributed by atoms with Crippen LogP contribution < -0.4 is 20.1 Å². The molecule has 5 aliphatic rings. The van der Waals surface area contributed by atoms with Crippen molar-refractivity contribution in [2.24, 2.45) is 0 Å². The number of nitrogens with zero attached hydrogens (tertiary/aromatic N) is 5. The van der Waals surface area contributed by atoms with Gasteiger partial charge >= 0.3 is 0 Å². The summed E-state index contributed by atoms with van der Waals surface area (Å²) >= 11 is 14.4. The van der Waals surface area contributed by atoms with Crippen LogP contribution in [-0.4, -0.2) is 88.0 Å². The molecule has 2 N–H and O–H groups in total.